The van der Waals surface area contributed by atoms with Gasteiger partial charge in [-0.15, -0.1) is 11.3 Å². The minimum atomic E-state index is -0.732. The van der Waals surface area contributed by atoms with Gasteiger partial charge >= 0.3 is 5.97 Å². The Labute approximate surface area is 119 Å². The predicted molar refractivity (Wildman–Crippen MR) is 76.0 cm³/mol. The molecule has 2 heterocycles. The standard InChI is InChI=1S/C12H17BrN2O2S/c13-10-2-7-18-11(10)8-14-3-1-4-15(6-5-14)9-12(16)17/h2,7H,1,3-6,8-9H2,(H,16,17). The van der Waals surface area contributed by atoms with E-state index in [0.29, 0.717) is 0 Å². The van der Waals surface area contributed by atoms with E-state index in [1.54, 1.807) is 11.3 Å². The van der Waals surface area contributed by atoms with E-state index >= 15 is 0 Å². The molecule has 1 aliphatic heterocycles. The highest BCUT2D eigenvalue weighted by atomic mass is 79.9. The third-order valence-electron chi connectivity index (χ3n) is 3.10. The first kappa shape index (κ1) is 14.0. The van der Waals surface area contributed by atoms with Crippen molar-refractivity contribution in [3.8, 4) is 0 Å². The van der Waals surface area contributed by atoms with Gasteiger partial charge in [-0.2, -0.15) is 0 Å². The Bertz CT molecular complexity index is 411. The van der Waals surface area contributed by atoms with Crippen molar-refractivity contribution in [3.05, 3.63) is 20.8 Å². The van der Waals surface area contributed by atoms with E-state index in [9.17, 15) is 4.79 Å². The molecule has 0 bridgehead atoms. The second kappa shape index (κ2) is 6.65. The lowest BCUT2D eigenvalue weighted by Crippen LogP contribution is -2.33. The van der Waals surface area contributed by atoms with Crippen LogP contribution < -0.4 is 0 Å². The number of hydrogen-bond donors (Lipinski definition) is 1. The molecule has 6 heteroatoms. The molecule has 1 aliphatic rings. The van der Waals surface area contributed by atoms with Gasteiger partial charge in [0.05, 0.1) is 6.54 Å². The molecule has 1 N–H and O–H groups in total. The van der Waals surface area contributed by atoms with Crippen molar-refractivity contribution in [2.75, 3.05) is 32.7 Å². The van der Waals surface area contributed by atoms with Crippen LogP contribution in [0.5, 0.6) is 0 Å². The summed E-state index contributed by atoms with van der Waals surface area (Å²) in [6, 6.07) is 2.08. The molecule has 0 amide bonds. The zero-order chi connectivity index (χ0) is 13.0. The number of aliphatic carboxylic acids is 1. The molecular formula is C12H17BrN2O2S. The van der Waals surface area contributed by atoms with Crippen LogP contribution in [0, 0.1) is 0 Å². The first-order valence-electron chi connectivity index (χ1n) is 6.03. The number of rotatable bonds is 4. The molecule has 0 aliphatic carbocycles. The van der Waals surface area contributed by atoms with Gasteiger partial charge in [0.1, 0.15) is 0 Å². The summed E-state index contributed by atoms with van der Waals surface area (Å²) in [5.41, 5.74) is 0. The maximum absolute atomic E-state index is 10.7. The molecule has 1 fully saturated rings. The number of hydrogen-bond acceptors (Lipinski definition) is 4. The van der Waals surface area contributed by atoms with E-state index in [0.717, 1.165) is 39.1 Å². The molecule has 18 heavy (non-hydrogen) atoms. The van der Waals surface area contributed by atoms with Gasteiger partial charge in [0.15, 0.2) is 0 Å². The first-order valence-corrected chi connectivity index (χ1v) is 7.71. The minimum Gasteiger partial charge on any atom is -0.480 e. The van der Waals surface area contributed by atoms with E-state index < -0.39 is 5.97 Å². The maximum Gasteiger partial charge on any atom is 0.317 e. The lowest BCUT2D eigenvalue weighted by molar-refractivity contribution is -0.138. The molecule has 4 nitrogen and oxygen atoms in total. The highest BCUT2D eigenvalue weighted by Crippen LogP contribution is 2.24. The van der Waals surface area contributed by atoms with Crippen LogP contribution in [-0.4, -0.2) is 53.6 Å². The largest absolute Gasteiger partial charge is 0.480 e. The summed E-state index contributed by atoms with van der Waals surface area (Å²) in [5.74, 6) is -0.732. The topological polar surface area (TPSA) is 43.8 Å². The van der Waals surface area contributed by atoms with E-state index in [2.05, 4.69) is 32.3 Å². The Balaban J connectivity index is 1.85. The van der Waals surface area contributed by atoms with E-state index in [-0.39, 0.29) is 6.54 Å². The van der Waals surface area contributed by atoms with E-state index in [1.807, 2.05) is 4.90 Å². The summed E-state index contributed by atoms with van der Waals surface area (Å²) < 4.78 is 1.18. The van der Waals surface area contributed by atoms with Crippen molar-refractivity contribution in [2.24, 2.45) is 0 Å². The molecule has 0 saturated carbocycles. The molecule has 1 saturated heterocycles. The molecule has 0 atom stereocenters. The Morgan fingerprint density at radius 3 is 2.72 bits per heavy atom. The molecule has 1 aromatic rings. The van der Waals surface area contributed by atoms with Crippen molar-refractivity contribution in [3.63, 3.8) is 0 Å². The second-order valence-corrected chi connectivity index (χ2v) is 6.35. The molecule has 1 aromatic heterocycles. The predicted octanol–water partition coefficient (Wildman–Crippen LogP) is 2.10. The van der Waals surface area contributed by atoms with Crippen LogP contribution in [0.2, 0.25) is 0 Å². The van der Waals surface area contributed by atoms with Crippen LogP contribution >= 0.6 is 27.3 Å². The van der Waals surface area contributed by atoms with Crippen molar-refractivity contribution in [1.29, 1.82) is 0 Å². The molecule has 0 spiro atoms. The maximum atomic E-state index is 10.7. The van der Waals surface area contributed by atoms with Gasteiger partial charge in [-0.1, -0.05) is 0 Å². The lowest BCUT2D eigenvalue weighted by Gasteiger charge is -2.20. The van der Waals surface area contributed by atoms with Crippen LogP contribution in [0.15, 0.2) is 15.9 Å². The summed E-state index contributed by atoms with van der Waals surface area (Å²) >= 11 is 5.32. The zero-order valence-electron chi connectivity index (χ0n) is 10.1. The van der Waals surface area contributed by atoms with Gasteiger partial charge in [-0.25, -0.2) is 0 Å². The van der Waals surface area contributed by atoms with E-state index in [4.69, 9.17) is 5.11 Å². The monoisotopic (exact) mass is 332 g/mol. The molecule has 0 unspecified atom stereocenters. The summed E-state index contributed by atoms with van der Waals surface area (Å²) in [4.78, 5) is 16.5. The van der Waals surface area contributed by atoms with Crippen molar-refractivity contribution < 1.29 is 9.90 Å². The SMILES string of the molecule is O=C(O)CN1CCCN(Cc2sccc2Br)CC1. The molecule has 0 radical (unpaired) electrons. The van der Waals surface area contributed by atoms with Gasteiger partial charge in [-0.3, -0.25) is 14.6 Å². The van der Waals surface area contributed by atoms with Gasteiger partial charge in [-0.05, 0) is 40.3 Å². The summed E-state index contributed by atoms with van der Waals surface area (Å²) in [6.45, 7) is 4.83. The smallest absolute Gasteiger partial charge is 0.317 e. The fourth-order valence-electron chi connectivity index (χ4n) is 2.17. The van der Waals surface area contributed by atoms with Crippen molar-refractivity contribution >= 4 is 33.2 Å². The summed E-state index contributed by atoms with van der Waals surface area (Å²) in [6.07, 6.45) is 1.04. The molecule has 2 rings (SSSR count). The fraction of sp³-hybridized carbons (Fsp3) is 0.583. The lowest BCUT2D eigenvalue weighted by atomic mass is 10.3. The quantitative estimate of drug-likeness (QED) is 0.917. The number of thiophene rings is 1. The van der Waals surface area contributed by atoms with Crippen LogP contribution in [-0.2, 0) is 11.3 Å². The number of carbonyl (C=O) groups is 1. The Hall–Kier alpha value is -0.430. The van der Waals surface area contributed by atoms with Crippen molar-refractivity contribution in [1.82, 2.24) is 9.80 Å². The molecule has 0 aromatic carbocycles. The number of carboxylic acid groups (broad SMARTS) is 1. The number of halogens is 1. The number of carboxylic acids is 1. The third kappa shape index (κ3) is 4.05. The van der Waals surface area contributed by atoms with Gasteiger partial charge in [0.2, 0.25) is 0 Å². The average molecular weight is 333 g/mol. The number of nitrogens with zero attached hydrogens (tertiary/aromatic N) is 2. The average Bonchev–Trinajstić information content (AvgIpc) is 2.58. The molecular weight excluding hydrogens is 316 g/mol. The highest BCUT2D eigenvalue weighted by Gasteiger charge is 2.17. The molecule has 100 valence electrons. The Kier molecular flexibility index (Phi) is 5.17. The normalized spacial score (nSPS) is 18.7. The highest BCUT2D eigenvalue weighted by molar-refractivity contribution is 9.10. The Morgan fingerprint density at radius 1 is 1.33 bits per heavy atom. The van der Waals surface area contributed by atoms with Crippen LogP contribution in [0.1, 0.15) is 11.3 Å². The summed E-state index contributed by atoms with van der Waals surface area (Å²) in [5, 5.41) is 10.9. The summed E-state index contributed by atoms with van der Waals surface area (Å²) in [7, 11) is 0. The minimum absolute atomic E-state index is 0.163. The fourth-order valence-corrected chi connectivity index (χ4v) is 3.69. The van der Waals surface area contributed by atoms with Crippen molar-refractivity contribution in [2.45, 2.75) is 13.0 Å². The van der Waals surface area contributed by atoms with Gasteiger partial charge in [0, 0.05) is 35.5 Å². The second-order valence-electron chi connectivity index (χ2n) is 4.49. The third-order valence-corrected chi connectivity index (χ3v) is 5.01. The van der Waals surface area contributed by atoms with Crippen LogP contribution in [0.25, 0.3) is 0 Å². The van der Waals surface area contributed by atoms with Crippen LogP contribution in [0.3, 0.4) is 0 Å². The van der Waals surface area contributed by atoms with Gasteiger partial charge < -0.3 is 5.11 Å². The van der Waals surface area contributed by atoms with Gasteiger partial charge in [0.25, 0.3) is 0 Å². The van der Waals surface area contributed by atoms with Crippen LogP contribution in [0.4, 0.5) is 0 Å². The Morgan fingerprint density at radius 2 is 2.06 bits per heavy atom. The van der Waals surface area contributed by atoms with E-state index in [1.165, 1.54) is 9.35 Å². The zero-order valence-corrected chi connectivity index (χ0v) is 12.5. The first-order chi connectivity index (χ1) is 8.65.